The van der Waals surface area contributed by atoms with E-state index in [4.69, 9.17) is 14.5 Å². The molecular weight excluding hydrogens is 819 g/mol. The summed E-state index contributed by atoms with van der Waals surface area (Å²) in [6.07, 6.45) is 8.16. The molecule has 5 aromatic rings. The molecule has 3 aliphatic rings. The third-order valence-electron chi connectivity index (χ3n) is 14.4. The molecule has 2 aliphatic heterocycles. The molecule has 0 radical (unpaired) electrons. The quantitative estimate of drug-likeness (QED) is 0.0912. The molecule has 13 nitrogen and oxygen atoms in total. The number of aromatic amines is 1. The Morgan fingerprint density at radius 3 is 2.05 bits per heavy atom. The van der Waals surface area contributed by atoms with E-state index in [1.54, 1.807) is 6.92 Å². The van der Waals surface area contributed by atoms with Gasteiger partial charge in [-0.05, 0) is 134 Å². The van der Waals surface area contributed by atoms with Gasteiger partial charge in [0.2, 0.25) is 11.8 Å². The van der Waals surface area contributed by atoms with E-state index in [0.29, 0.717) is 13.0 Å². The standard InChI is InChI=1S/C52H63N7O6/c1-9-43(54-31(5)45-12-11-23-58(45)48(61)46(30(3)4)57-51(63)65-8)39-19-17-35-24-33(13-15-37(35)26-39)34-14-16-38-27-40(20-18-36(38)25-34)44-29-53-49(56-44)52(10-2)41-21-22-42(28-41)59(52)47(60)32(6)55-50(62)64-7/h9,13-20,24-27,29-32,41-42,45-46,54H,10-12,21-23,28H2,1-8H3,(H,53,56)(H,55,62)(H,57,63)/b43-9-/t31?,32-,41-,42+,45-,46-,52?/m0/s1. The lowest BCUT2D eigenvalue weighted by atomic mass is 9.79. The van der Waals surface area contributed by atoms with Crippen molar-refractivity contribution in [3.05, 3.63) is 96.5 Å². The Balaban J connectivity index is 0.968. The van der Waals surface area contributed by atoms with Gasteiger partial charge in [-0.3, -0.25) is 9.59 Å². The van der Waals surface area contributed by atoms with E-state index in [2.05, 4.69) is 114 Å². The van der Waals surface area contributed by atoms with Crippen LogP contribution in [0.2, 0.25) is 0 Å². The summed E-state index contributed by atoms with van der Waals surface area (Å²) in [4.78, 5) is 64.2. The first-order valence-corrected chi connectivity index (χ1v) is 23.2. The normalized spacial score (nSPS) is 22.0. The van der Waals surface area contributed by atoms with E-state index in [1.807, 2.05) is 36.8 Å². The maximum atomic E-state index is 13.9. The zero-order chi connectivity index (χ0) is 46.2. The smallest absolute Gasteiger partial charge is 0.407 e. The highest BCUT2D eigenvalue weighted by Crippen LogP contribution is 2.56. The Morgan fingerprint density at radius 1 is 0.800 bits per heavy atom. The van der Waals surface area contributed by atoms with Gasteiger partial charge in [-0.2, -0.15) is 0 Å². The van der Waals surface area contributed by atoms with Gasteiger partial charge in [0, 0.05) is 29.9 Å². The van der Waals surface area contributed by atoms with Crippen molar-refractivity contribution in [3.8, 4) is 22.4 Å². The number of hydrogen-bond acceptors (Lipinski definition) is 8. The molecule has 4 aromatic carbocycles. The Bertz CT molecular complexity index is 2640. The highest BCUT2D eigenvalue weighted by Gasteiger charge is 2.60. The van der Waals surface area contributed by atoms with Crippen LogP contribution in [-0.2, 0) is 24.6 Å². The van der Waals surface area contributed by atoms with Crippen molar-refractivity contribution >= 4 is 51.2 Å². The van der Waals surface area contributed by atoms with Crippen molar-refractivity contribution in [1.82, 2.24) is 35.7 Å². The van der Waals surface area contributed by atoms with E-state index in [0.717, 1.165) is 93.1 Å². The lowest BCUT2D eigenvalue weighted by molar-refractivity contribution is -0.144. The van der Waals surface area contributed by atoms with Crippen molar-refractivity contribution in [3.63, 3.8) is 0 Å². The number of allylic oxidation sites excluding steroid dienone is 1. The topological polar surface area (TPSA) is 158 Å². The second kappa shape index (κ2) is 18.6. The van der Waals surface area contributed by atoms with Gasteiger partial charge in [-0.25, -0.2) is 14.6 Å². The molecule has 3 fully saturated rings. The third-order valence-corrected chi connectivity index (χ3v) is 14.4. The molecule has 2 unspecified atom stereocenters. The number of carbonyl (C=O) groups excluding carboxylic acids is 4. The first-order chi connectivity index (χ1) is 31.3. The lowest BCUT2D eigenvalue weighted by Gasteiger charge is -2.46. The molecule has 1 aliphatic carbocycles. The minimum absolute atomic E-state index is 0.0167. The van der Waals surface area contributed by atoms with Crippen LogP contribution in [0.25, 0.3) is 49.6 Å². The lowest BCUT2D eigenvalue weighted by Crippen LogP contribution is -2.58. The molecule has 4 amide bonds. The molecule has 8 rings (SSSR count). The van der Waals surface area contributed by atoms with Gasteiger partial charge in [-0.15, -0.1) is 0 Å². The van der Waals surface area contributed by atoms with E-state index in [-0.39, 0.29) is 41.8 Å². The summed E-state index contributed by atoms with van der Waals surface area (Å²) in [6, 6.07) is 24.8. The minimum atomic E-state index is -0.719. The van der Waals surface area contributed by atoms with E-state index in [1.165, 1.54) is 14.2 Å². The number of rotatable bonds is 13. The summed E-state index contributed by atoms with van der Waals surface area (Å²) in [5.41, 5.74) is 5.67. The number of aromatic nitrogens is 2. The SMILES string of the molecule is C/C=C(\NC(C)[C@@H]1CCCN1C(=O)[C@@H](NC(=O)OC)C(C)C)c1ccc2cc(-c3ccc4cc(-c5cnc(C6(CC)[C@H]7CC[C@H](C7)N6C(=O)[C@H](C)NC(=O)OC)[nH]5)ccc4c3)ccc2c1. The molecule has 1 aromatic heterocycles. The van der Waals surface area contributed by atoms with E-state index in [9.17, 15) is 19.2 Å². The van der Waals surface area contributed by atoms with Gasteiger partial charge in [0.1, 0.15) is 23.4 Å². The van der Waals surface area contributed by atoms with Crippen LogP contribution in [0.3, 0.4) is 0 Å². The van der Waals surface area contributed by atoms with Crippen molar-refractivity contribution in [2.24, 2.45) is 11.8 Å². The summed E-state index contributed by atoms with van der Waals surface area (Å²) in [5.74, 6) is 0.809. The van der Waals surface area contributed by atoms with Crippen molar-refractivity contribution < 1.29 is 28.7 Å². The molecule has 65 heavy (non-hydrogen) atoms. The number of carbonyl (C=O) groups is 4. The van der Waals surface area contributed by atoms with Crippen molar-refractivity contribution in [2.75, 3.05) is 20.8 Å². The number of amides is 4. The van der Waals surface area contributed by atoms with Crippen LogP contribution < -0.4 is 16.0 Å². The Labute approximate surface area is 381 Å². The van der Waals surface area contributed by atoms with Gasteiger partial charge >= 0.3 is 12.2 Å². The number of alkyl carbamates (subject to hydrolysis) is 2. The number of ether oxygens (including phenoxy) is 2. The van der Waals surface area contributed by atoms with Gasteiger partial charge in [0.25, 0.3) is 0 Å². The first kappa shape index (κ1) is 45.2. The van der Waals surface area contributed by atoms with Crippen LogP contribution in [0.15, 0.2) is 85.1 Å². The molecule has 342 valence electrons. The Kier molecular flexibility index (Phi) is 12.9. The first-order valence-electron chi connectivity index (χ1n) is 23.2. The fourth-order valence-corrected chi connectivity index (χ4v) is 11.0. The summed E-state index contributed by atoms with van der Waals surface area (Å²) < 4.78 is 9.59. The molecule has 2 saturated heterocycles. The number of nitrogens with one attached hydrogen (secondary N) is 4. The maximum Gasteiger partial charge on any atom is 0.407 e. The largest absolute Gasteiger partial charge is 0.453 e. The molecule has 2 bridgehead atoms. The Hall–Kier alpha value is -6.37. The fraction of sp³-hybridized carbons (Fsp3) is 0.442. The maximum absolute atomic E-state index is 13.9. The molecule has 0 spiro atoms. The number of fused-ring (bicyclic) bond motifs is 4. The predicted molar refractivity (Wildman–Crippen MR) is 255 cm³/mol. The monoisotopic (exact) mass is 881 g/mol. The van der Waals surface area contributed by atoms with Crippen LogP contribution in [0, 0.1) is 11.8 Å². The Morgan fingerprint density at radius 2 is 1.42 bits per heavy atom. The number of benzene rings is 4. The van der Waals surface area contributed by atoms with Crippen LogP contribution >= 0.6 is 0 Å². The number of imidazole rings is 1. The average Bonchev–Trinajstić information content (AvgIpc) is 4.17. The number of nitrogens with zero attached hydrogens (tertiary/aromatic N) is 3. The van der Waals surface area contributed by atoms with Gasteiger partial charge in [0.05, 0.1) is 32.2 Å². The molecule has 7 atom stereocenters. The summed E-state index contributed by atoms with van der Waals surface area (Å²) >= 11 is 0. The van der Waals surface area contributed by atoms with Crippen LogP contribution in [0.1, 0.15) is 91.5 Å². The molecule has 1 saturated carbocycles. The van der Waals surface area contributed by atoms with E-state index >= 15 is 0 Å². The number of likely N-dealkylation sites (tertiary alicyclic amines) is 2. The number of piperidine rings is 1. The fourth-order valence-electron chi connectivity index (χ4n) is 11.0. The second-order valence-corrected chi connectivity index (χ2v) is 18.4. The molecule has 4 N–H and O–H groups in total. The molecule has 3 heterocycles. The second-order valence-electron chi connectivity index (χ2n) is 18.4. The highest BCUT2D eigenvalue weighted by atomic mass is 16.5. The summed E-state index contributed by atoms with van der Waals surface area (Å²) in [5, 5.41) is 13.7. The van der Waals surface area contributed by atoms with Crippen LogP contribution in [-0.4, -0.2) is 94.7 Å². The number of hydrogen-bond donors (Lipinski definition) is 4. The van der Waals surface area contributed by atoms with Gasteiger partial charge in [0.15, 0.2) is 0 Å². The van der Waals surface area contributed by atoms with Crippen LogP contribution in [0.5, 0.6) is 0 Å². The predicted octanol–water partition coefficient (Wildman–Crippen LogP) is 9.12. The van der Waals surface area contributed by atoms with Gasteiger partial charge in [-0.1, -0.05) is 75.4 Å². The summed E-state index contributed by atoms with van der Waals surface area (Å²) in [6.45, 7) is 12.5. The highest BCUT2D eigenvalue weighted by molar-refractivity contribution is 5.94. The van der Waals surface area contributed by atoms with Crippen molar-refractivity contribution in [2.45, 2.75) is 116 Å². The number of methoxy groups -OCH3 is 2. The number of H-pyrrole nitrogens is 1. The molecule has 13 heteroatoms. The minimum Gasteiger partial charge on any atom is -0.453 e. The zero-order valence-corrected chi connectivity index (χ0v) is 38.9. The third kappa shape index (κ3) is 8.53. The van der Waals surface area contributed by atoms with Crippen molar-refractivity contribution in [1.29, 1.82) is 0 Å². The zero-order valence-electron chi connectivity index (χ0n) is 38.9. The van der Waals surface area contributed by atoms with Gasteiger partial charge < -0.3 is 40.2 Å². The van der Waals surface area contributed by atoms with E-state index < -0.39 is 29.8 Å². The average molecular weight is 882 g/mol. The van der Waals surface area contributed by atoms with Crippen LogP contribution in [0.4, 0.5) is 9.59 Å². The molecular formula is C52H63N7O6. The summed E-state index contributed by atoms with van der Waals surface area (Å²) in [7, 11) is 2.61.